The van der Waals surface area contributed by atoms with E-state index in [4.69, 9.17) is 21.1 Å². The lowest BCUT2D eigenvalue weighted by molar-refractivity contribution is -0.236. The number of hydrogen-bond acceptors (Lipinski definition) is 3. The first-order valence-electron chi connectivity index (χ1n) is 9.38. The van der Waals surface area contributed by atoms with Crippen molar-refractivity contribution in [2.24, 2.45) is 11.8 Å². The fourth-order valence-electron chi connectivity index (χ4n) is 4.04. The Morgan fingerprint density at radius 2 is 1.79 bits per heavy atom. The molecule has 1 saturated carbocycles. The number of halogens is 4. The number of ether oxygens (including phenoxy) is 2. The summed E-state index contributed by atoms with van der Waals surface area (Å²) in [6.07, 6.45) is -6.40. The molecular formula is C20H25ClF3NO3. The molecule has 3 rings (SSSR count). The molecule has 2 fully saturated rings. The minimum absolute atomic E-state index is 0.00689. The van der Waals surface area contributed by atoms with Gasteiger partial charge < -0.3 is 14.4 Å². The standard InChI is InChI=1S/C20H25ClF3NO3/c1-19(2,3)28-18(26)25-10-13-8-16(9-14(13)11-25)27-17(20(22,23)24)12-5-4-6-15(21)7-12/h4-7,13-14,16-17H,8-11H2,1-3H3/t13-,14+,16?,17?. The van der Waals surface area contributed by atoms with Crippen LogP contribution < -0.4 is 0 Å². The molecule has 8 heteroatoms. The number of carbonyl (C=O) groups is 1. The number of hydrogen-bond donors (Lipinski definition) is 0. The smallest absolute Gasteiger partial charge is 0.418 e. The number of benzene rings is 1. The van der Waals surface area contributed by atoms with Crippen LogP contribution in [0, 0.1) is 11.8 Å². The average molecular weight is 420 g/mol. The van der Waals surface area contributed by atoms with E-state index in [0.29, 0.717) is 25.9 Å². The van der Waals surface area contributed by atoms with Gasteiger partial charge >= 0.3 is 12.3 Å². The molecule has 0 bridgehead atoms. The lowest BCUT2D eigenvalue weighted by Gasteiger charge is -2.27. The molecule has 0 aromatic heterocycles. The number of carbonyl (C=O) groups excluding carboxylic acids is 1. The van der Waals surface area contributed by atoms with Crippen LogP contribution in [0.2, 0.25) is 5.02 Å². The normalized spacial score (nSPS) is 26.2. The van der Waals surface area contributed by atoms with Gasteiger partial charge in [-0.1, -0.05) is 23.7 Å². The minimum Gasteiger partial charge on any atom is -0.444 e. The van der Waals surface area contributed by atoms with E-state index in [-0.39, 0.29) is 28.5 Å². The number of alkyl halides is 3. The third kappa shape index (κ3) is 5.11. The van der Waals surface area contributed by atoms with E-state index in [0.717, 1.165) is 0 Å². The lowest BCUT2D eigenvalue weighted by atomic mass is 10.0. The zero-order valence-corrected chi connectivity index (χ0v) is 16.9. The lowest BCUT2D eigenvalue weighted by Crippen LogP contribution is -2.36. The third-order valence-corrected chi connectivity index (χ3v) is 5.37. The van der Waals surface area contributed by atoms with Crippen molar-refractivity contribution in [1.29, 1.82) is 0 Å². The predicted molar refractivity (Wildman–Crippen MR) is 99.1 cm³/mol. The van der Waals surface area contributed by atoms with Gasteiger partial charge in [-0.25, -0.2) is 4.79 Å². The molecule has 28 heavy (non-hydrogen) atoms. The van der Waals surface area contributed by atoms with Crippen LogP contribution in [-0.2, 0) is 9.47 Å². The summed E-state index contributed by atoms with van der Waals surface area (Å²) in [7, 11) is 0. The Balaban J connectivity index is 1.61. The molecule has 1 aromatic carbocycles. The van der Waals surface area contributed by atoms with Crippen LogP contribution in [0.15, 0.2) is 24.3 Å². The van der Waals surface area contributed by atoms with E-state index in [1.807, 2.05) is 0 Å². The number of amides is 1. The van der Waals surface area contributed by atoms with Gasteiger partial charge in [0.2, 0.25) is 0 Å². The molecule has 2 aliphatic rings. The van der Waals surface area contributed by atoms with Crippen molar-refractivity contribution >= 4 is 17.7 Å². The molecule has 0 radical (unpaired) electrons. The minimum atomic E-state index is -4.52. The van der Waals surface area contributed by atoms with Crippen molar-refractivity contribution < 1.29 is 27.4 Å². The number of fused-ring (bicyclic) bond motifs is 1. The highest BCUT2D eigenvalue weighted by Gasteiger charge is 2.48. The van der Waals surface area contributed by atoms with E-state index in [1.54, 1.807) is 25.7 Å². The van der Waals surface area contributed by atoms with Crippen LogP contribution in [0.1, 0.15) is 45.3 Å². The molecule has 0 spiro atoms. The predicted octanol–water partition coefficient (Wildman–Crippen LogP) is 5.61. The summed E-state index contributed by atoms with van der Waals surface area (Å²) in [6.45, 7) is 6.40. The summed E-state index contributed by atoms with van der Waals surface area (Å²) >= 11 is 5.85. The number of rotatable bonds is 3. The maximum atomic E-state index is 13.6. The topological polar surface area (TPSA) is 38.8 Å². The van der Waals surface area contributed by atoms with E-state index in [9.17, 15) is 18.0 Å². The molecule has 1 amide bonds. The summed E-state index contributed by atoms with van der Waals surface area (Å²) in [5, 5.41) is 0.242. The molecule has 2 unspecified atom stereocenters. The second-order valence-corrected chi connectivity index (χ2v) is 9.05. The Morgan fingerprint density at radius 1 is 1.18 bits per heavy atom. The van der Waals surface area contributed by atoms with Gasteiger partial charge in [-0.05, 0) is 63.1 Å². The monoisotopic (exact) mass is 419 g/mol. The van der Waals surface area contributed by atoms with Gasteiger partial charge in [0.1, 0.15) is 5.60 Å². The Bertz CT molecular complexity index is 705. The molecule has 1 aromatic rings. The van der Waals surface area contributed by atoms with Gasteiger partial charge in [0, 0.05) is 18.1 Å². The first-order chi connectivity index (χ1) is 12.9. The van der Waals surface area contributed by atoms with Crippen LogP contribution in [0.25, 0.3) is 0 Å². The second kappa shape index (κ2) is 7.75. The Morgan fingerprint density at radius 3 is 2.29 bits per heavy atom. The molecule has 1 aliphatic carbocycles. The molecule has 4 nitrogen and oxygen atoms in total. The quantitative estimate of drug-likeness (QED) is 0.639. The molecule has 1 heterocycles. The fraction of sp³-hybridized carbons (Fsp3) is 0.650. The van der Waals surface area contributed by atoms with Gasteiger partial charge in [-0.3, -0.25) is 0 Å². The molecule has 4 atom stereocenters. The number of likely N-dealkylation sites (tertiary alicyclic amines) is 1. The van der Waals surface area contributed by atoms with Crippen molar-refractivity contribution in [3.05, 3.63) is 34.9 Å². The fourth-order valence-corrected chi connectivity index (χ4v) is 4.24. The highest BCUT2D eigenvalue weighted by Crippen LogP contribution is 2.44. The summed E-state index contributed by atoms with van der Waals surface area (Å²) in [4.78, 5) is 13.9. The van der Waals surface area contributed by atoms with Gasteiger partial charge in [0.25, 0.3) is 0 Å². The Kier molecular flexibility index (Phi) is 5.88. The van der Waals surface area contributed by atoms with Crippen molar-refractivity contribution in [3.8, 4) is 0 Å². The Hall–Kier alpha value is -1.47. The van der Waals surface area contributed by atoms with Crippen molar-refractivity contribution in [2.45, 2.75) is 57.6 Å². The molecule has 156 valence electrons. The third-order valence-electron chi connectivity index (χ3n) is 5.14. The number of nitrogens with zero attached hydrogens (tertiary/aromatic N) is 1. The maximum absolute atomic E-state index is 13.6. The first-order valence-corrected chi connectivity index (χ1v) is 9.76. The SMILES string of the molecule is CC(C)(C)OC(=O)N1C[C@H]2CC(OC(c3cccc(Cl)c3)C(F)(F)F)C[C@H]2C1. The van der Waals surface area contributed by atoms with E-state index < -0.39 is 24.0 Å². The first kappa shape index (κ1) is 21.2. The summed E-state index contributed by atoms with van der Waals surface area (Å²) in [5.41, 5.74) is -0.565. The van der Waals surface area contributed by atoms with Gasteiger partial charge in [0.05, 0.1) is 6.10 Å². The largest absolute Gasteiger partial charge is 0.444 e. The zero-order valence-electron chi connectivity index (χ0n) is 16.1. The summed E-state index contributed by atoms with van der Waals surface area (Å²) in [6, 6.07) is 5.69. The van der Waals surface area contributed by atoms with Gasteiger partial charge in [0.15, 0.2) is 6.10 Å². The van der Waals surface area contributed by atoms with E-state index in [2.05, 4.69) is 0 Å². The van der Waals surface area contributed by atoms with Crippen molar-refractivity contribution in [1.82, 2.24) is 4.90 Å². The highest BCUT2D eigenvalue weighted by molar-refractivity contribution is 6.30. The van der Waals surface area contributed by atoms with E-state index >= 15 is 0 Å². The van der Waals surface area contributed by atoms with Gasteiger partial charge in [-0.2, -0.15) is 13.2 Å². The molecule has 0 N–H and O–H groups in total. The summed E-state index contributed by atoms with van der Waals surface area (Å²) < 4.78 is 51.6. The maximum Gasteiger partial charge on any atom is 0.418 e. The van der Waals surface area contributed by atoms with Crippen LogP contribution >= 0.6 is 11.6 Å². The van der Waals surface area contributed by atoms with Crippen LogP contribution in [0.4, 0.5) is 18.0 Å². The Labute approximate surface area is 167 Å². The second-order valence-electron chi connectivity index (χ2n) is 8.61. The van der Waals surface area contributed by atoms with Crippen LogP contribution in [0.3, 0.4) is 0 Å². The summed E-state index contributed by atoms with van der Waals surface area (Å²) in [5.74, 6) is 0.261. The van der Waals surface area contributed by atoms with Crippen LogP contribution in [0.5, 0.6) is 0 Å². The average Bonchev–Trinajstić information content (AvgIpc) is 3.08. The zero-order chi connectivity index (χ0) is 20.7. The van der Waals surface area contributed by atoms with Crippen molar-refractivity contribution in [3.63, 3.8) is 0 Å². The highest BCUT2D eigenvalue weighted by atomic mass is 35.5. The molecule has 1 saturated heterocycles. The van der Waals surface area contributed by atoms with Crippen LogP contribution in [-0.4, -0.2) is 42.0 Å². The van der Waals surface area contributed by atoms with Crippen molar-refractivity contribution in [2.75, 3.05) is 13.1 Å². The van der Waals surface area contributed by atoms with E-state index in [1.165, 1.54) is 24.3 Å². The van der Waals surface area contributed by atoms with Gasteiger partial charge in [-0.15, -0.1) is 0 Å². The molecular weight excluding hydrogens is 395 g/mol. The molecule has 1 aliphatic heterocycles.